The van der Waals surface area contributed by atoms with Crippen molar-refractivity contribution in [2.24, 2.45) is 5.41 Å². The molecule has 18 heavy (non-hydrogen) atoms. The van der Waals surface area contributed by atoms with Gasteiger partial charge in [0, 0.05) is 4.88 Å². The fourth-order valence-corrected chi connectivity index (χ4v) is 2.63. The third-order valence-corrected chi connectivity index (χ3v) is 3.56. The van der Waals surface area contributed by atoms with E-state index < -0.39 is 0 Å². The molecule has 0 aliphatic carbocycles. The number of thiophene rings is 1. The van der Waals surface area contributed by atoms with Gasteiger partial charge in [-0.15, -0.1) is 11.3 Å². The zero-order valence-electron chi connectivity index (χ0n) is 11.4. The van der Waals surface area contributed by atoms with Crippen LogP contribution in [0.2, 0.25) is 0 Å². The molecular formula is C13H22N2O2S. The largest absolute Gasteiger partial charge is 0.394 e. The summed E-state index contributed by atoms with van der Waals surface area (Å²) in [5.41, 5.74) is -0.0648. The summed E-state index contributed by atoms with van der Waals surface area (Å²) >= 11 is 1.63. The van der Waals surface area contributed by atoms with Crippen LogP contribution in [0.1, 0.15) is 38.6 Å². The molecule has 3 N–H and O–H groups in total. The Balaban J connectivity index is 2.72. The number of aliphatic hydroxyl groups excluding tert-OH is 1. The molecule has 2 amide bonds. The average molecular weight is 270 g/mol. The normalized spacial score (nSPS) is 14.9. The molecule has 1 rings (SSSR count). The molecule has 0 fully saturated rings. The Bertz CT molecular complexity index is 371. The highest BCUT2D eigenvalue weighted by atomic mass is 32.1. The highest BCUT2D eigenvalue weighted by molar-refractivity contribution is 7.10. The van der Waals surface area contributed by atoms with E-state index in [1.807, 2.05) is 17.5 Å². The molecule has 0 saturated carbocycles. The predicted octanol–water partition coefficient (Wildman–Crippen LogP) is 2.52. The average Bonchev–Trinajstić information content (AvgIpc) is 2.77. The number of urea groups is 1. The SMILES string of the molecule is CC(CO)NC(=O)NC(c1cccs1)C(C)(C)C. The molecule has 0 aliphatic heterocycles. The van der Waals surface area contributed by atoms with E-state index in [2.05, 4.69) is 31.4 Å². The van der Waals surface area contributed by atoms with Crippen molar-refractivity contribution in [3.63, 3.8) is 0 Å². The lowest BCUT2D eigenvalue weighted by Gasteiger charge is -2.31. The summed E-state index contributed by atoms with van der Waals surface area (Å²) in [5, 5.41) is 16.6. The number of nitrogens with one attached hydrogen (secondary N) is 2. The Kier molecular flexibility index (Phi) is 5.16. The third-order valence-electron chi connectivity index (χ3n) is 2.62. The molecule has 5 heteroatoms. The molecule has 0 bridgehead atoms. The van der Waals surface area contributed by atoms with Gasteiger partial charge in [0.15, 0.2) is 0 Å². The molecule has 1 aromatic heterocycles. The van der Waals surface area contributed by atoms with E-state index in [9.17, 15) is 4.79 Å². The van der Waals surface area contributed by atoms with Gasteiger partial charge in [0.05, 0.1) is 18.7 Å². The Hall–Kier alpha value is -1.07. The minimum atomic E-state index is -0.245. The van der Waals surface area contributed by atoms with Gasteiger partial charge in [-0.1, -0.05) is 26.8 Å². The first kappa shape index (κ1) is 15.0. The second-order valence-electron chi connectivity index (χ2n) is 5.52. The van der Waals surface area contributed by atoms with Crippen LogP contribution in [0.15, 0.2) is 17.5 Å². The minimum Gasteiger partial charge on any atom is -0.394 e. The van der Waals surface area contributed by atoms with Crippen LogP contribution in [-0.2, 0) is 0 Å². The quantitative estimate of drug-likeness (QED) is 0.787. The number of rotatable bonds is 4. The molecule has 0 saturated heterocycles. The lowest BCUT2D eigenvalue weighted by Crippen LogP contribution is -2.46. The lowest BCUT2D eigenvalue weighted by molar-refractivity contribution is 0.205. The smallest absolute Gasteiger partial charge is 0.315 e. The number of amides is 2. The van der Waals surface area contributed by atoms with Crippen molar-refractivity contribution < 1.29 is 9.90 Å². The zero-order valence-corrected chi connectivity index (χ0v) is 12.2. The fraction of sp³-hybridized carbons (Fsp3) is 0.615. The van der Waals surface area contributed by atoms with Gasteiger partial charge in [0.2, 0.25) is 0 Å². The minimum absolute atomic E-state index is 0.0385. The van der Waals surface area contributed by atoms with E-state index in [1.165, 1.54) is 0 Å². The van der Waals surface area contributed by atoms with Crippen LogP contribution in [0.5, 0.6) is 0 Å². The van der Waals surface area contributed by atoms with E-state index >= 15 is 0 Å². The van der Waals surface area contributed by atoms with E-state index in [1.54, 1.807) is 18.3 Å². The van der Waals surface area contributed by atoms with Gasteiger partial charge in [-0.3, -0.25) is 0 Å². The Morgan fingerprint density at radius 3 is 2.56 bits per heavy atom. The Morgan fingerprint density at radius 1 is 1.44 bits per heavy atom. The topological polar surface area (TPSA) is 61.4 Å². The van der Waals surface area contributed by atoms with Gasteiger partial charge in [-0.05, 0) is 23.8 Å². The molecule has 4 nitrogen and oxygen atoms in total. The van der Waals surface area contributed by atoms with Crippen molar-refractivity contribution in [3.8, 4) is 0 Å². The van der Waals surface area contributed by atoms with Crippen LogP contribution >= 0.6 is 11.3 Å². The van der Waals surface area contributed by atoms with Crippen LogP contribution in [0.25, 0.3) is 0 Å². The summed E-state index contributed by atoms with van der Waals surface area (Å²) in [5.74, 6) is 0. The van der Waals surface area contributed by atoms with Gasteiger partial charge in [-0.2, -0.15) is 0 Å². The summed E-state index contributed by atoms with van der Waals surface area (Å²) < 4.78 is 0. The maximum atomic E-state index is 11.8. The number of carbonyl (C=O) groups excluding carboxylic acids is 1. The van der Waals surface area contributed by atoms with Crippen LogP contribution in [-0.4, -0.2) is 23.8 Å². The molecule has 0 radical (unpaired) electrons. The van der Waals surface area contributed by atoms with Crippen molar-refractivity contribution >= 4 is 17.4 Å². The van der Waals surface area contributed by atoms with Crippen molar-refractivity contribution in [3.05, 3.63) is 22.4 Å². The summed E-state index contributed by atoms with van der Waals surface area (Å²) in [6.07, 6.45) is 0. The van der Waals surface area contributed by atoms with Crippen LogP contribution in [0.4, 0.5) is 4.79 Å². The first-order valence-electron chi connectivity index (χ1n) is 6.06. The van der Waals surface area contributed by atoms with Gasteiger partial charge >= 0.3 is 6.03 Å². The van der Waals surface area contributed by atoms with Crippen molar-refractivity contribution in [2.45, 2.75) is 39.8 Å². The maximum Gasteiger partial charge on any atom is 0.315 e. The monoisotopic (exact) mass is 270 g/mol. The molecule has 2 unspecified atom stereocenters. The number of hydrogen-bond donors (Lipinski definition) is 3. The summed E-state index contributed by atoms with van der Waals surface area (Å²) in [4.78, 5) is 13.0. The molecule has 102 valence electrons. The van der Waals surface area contributed by atoms with Crippen molar-refractivity contribution in [1.82, 2.24) is 10.6 Å². The second kappa shape index (κ2) is 6.20. The van der Waals surface area contributed by atoms with Gasteiger partial charge < -0.3 is 15.7 Å². The summed E-state index contributed by atoms with van der Waals surface area (Å²) in [6.45, 7) is 7.97. The first-order chi connectivity index (χ1) is 8.34. The molecule has 0 aliphatic rings. The van der Waals surface area contributed by atoms with Crippen molar-refractivity contribution in [1.29, 1.82) is 0 Å². The molecule has 1 heterocycles. The van der Waals surface area contributed by atoms with Gasteiger partial charge in [-0.25, -0.2) is 4.79 Å². The Labute approximate surface area is 112 Å². The van der Waals surface area contributed by atoms with E-state index in [0.717, 1.165) is 4.88 Å². The van der Waals surface area contributed by atoms with Crippen LogP contribution in [0, 0.1) is 5.41 Å². The van der Waals surface area contributed by atoms with E-state index in [0.29, 0.717) is 0 Å². The predicted molar refractivity (Wildman–Crippen MR) is 74.7 cm³/mol. The zero-order chi connectivity index (χ0) is 13.8. The van der Waals surface area contributed by atoms with E-state index in [-0.39, 0.29) is 30.1 Å². The standard InChI is InChI=1S/C13H22N2O2S/c1-9(8-16)14-12(17)15-11(13(2,3)4)10-6-5-7-18-10/h5-7,9,11,16H,8H2,1-4H3,(H2,14,15,17). The maximum absolute atomic E-state index is 11.8. The molecule has 2 atom stereocenters. The molecule has 0 aromatic carbocycles. The van der Waals surface area contributed by atoms with Crippen molar-refractivity contribution in [2.75, 3.05) is 6.61 Å². The lowest BCUT2D eigenvalue weighted by atomic mass is 9.86. The number of hydrogen-bond acceptors (Lipinski definition) is 3. The molecule has 0 spiro atoms. The molecular weight excluding hydrogens is 248 g/mol. The molecule has 1 aromatic rings. The van der Waals surface area contributed by atoms with Gasteiger partial charge in [0.25, 0.3) is 0 Å². The van der Waals surface area contributed by atoms with Gasteiger partial charge in [0.1, 0.15) is 0 Å². The number of carbonyl (C=O) groups is 1. The highest BCUT2D eigenvalue weighted by Gasteiger charge is 2.28. The first-order valence-corrected chi connectivity index (χ1v) is 6.94. The third kappa shape index (κ3) is 4.31. The van der Waals surface area contributed by atoms with Crippen LogP contribution in [0.3, 0.4) is 0 Å². The Morgan fingerprint density at radius 2 is 2.11 bits per heavy atom. The van der Waals surface area contributed by atoms with Crippen LogP contribution < -0.4 is 10.6 Å². The van der Waals surface area contributed by atoms with E-state index in [4.69, 9.17) is 5.11 Å². The second-order valence-corrected chi connectivity index (χ2v) is 6.50. The summed E-state index contributed by atoms with van der Waals surface area (Å²) in [7, 11) is 0. The fourth-order valence-electron chi connectivity index (χ4n) is 1.61. The highest BCUT2D eigenvalue weighted by Crippen LogP contribution is 2.34. The summed E-state index contributed by atoms with van der Waals surface area (Å²) in [6, 6.07) is 3.48. The number of aliphatic hydroxyl groups is 1.